The number of halogens is 2. The summed E-state index contributed by atoms with van der Waals surface area (Å²) in [5.41, 5.74) is 0.941. The van der Waals surface area contributed by atoms with Crippen LogP contribution in [0.15, 0.2) is 36.4 Å². The van der Waals surface area contributed by atoms with E-state index in [-0.39, 0.29) is 28.3 Å². The van der Waals surface area contributed by atoms with Crippen LogP contribution in [0.3, 0.4) is 0 Å². The van der Waals surface area contributed by atoms with E-state index in [1.165, 1.54) is 12.1 Å². The summed E-state index contributed by atoms with van der Waals surface area (Å²) in [4.78, 5) is 22.7. The van der Waals surface area contributed by atoms with Gasteiger partial charge in [-0.25, -0.2) is 0 Å². The molecule has 0 unspecified atom stereocenters. The Morgan fingerprint density at radius 1 is 1.12 bits per heavy atom. The number of hydrogen-bond donors (Lipinski definition) is 1. The minimum atomic E-state index is -0.370. The van der Waals surface area contributed by atoms with Crippen LogP contribution in [0.1, 0.15) is 17.3 Å². The van der Waals surface area contributed by atoms with Crippen molar-refractivity contribution >= 4 is 41.1 Å². The Kier molecular flexibility index (Phi) is 6.46. The van der Waals surface area contributed by atoms with Crippen LogP contribution in [0, 0.1) is 0 Å². The molecule has 0 bridgehead atoms. The second-order valence-electron chi connectivity index (χ2n) is 4.73. The molecule has 2 rings (SSSR count). The fraction of sp³-hybridized carbons (Fsp3) is 0.176. The first-order valence-electron chi connectivity index (χ1n) is 7.13. The molecule has 0 aliphatic heterocycles. The molecule has 2 aromatic carbocycles. The summed E-state index contributed by atoms with van der Waals surface area (Å²) in [6.07, 6.45) is 0.625. The number of benzene rings is 2. The molecule has 0 aliphatic carbocycles. The molecule has 0 spiro atoms. The Labute approximate surface area is 149 Å². The van der Waals surface area contributed by atoms with Gasteiger partial charge in [-0.2, -0.15) is 0 Å². The van der Waals surface area contributed by atoms with E-state index in [1.54, 1.807) is 24.3 Å². The molecule has 2 aromatic rings. The number of nitrogens with one attached hydrogen (secondary N) is 1. The maximum Gasteiger partial charge on any atom is 0.262 e. The number of carbonyl (C=O) groups is 2. The Balaban J connectivity index is 1.95. The minimum absolute atomic E-state index is 0.158. The second kappa shape index (κ2) is 8.57. The topological polar surface area (TPSA) is 64.6 Å². The van der Waals surface area contributed by atoms with Gasteiger partial charge < -0.3 is 14.8 Å². The lowest BCUT2D eigenvalue weighted by atomic mass is 10.2. The van der Waals surface area contributed by atoms with Crippen LogP contribution in [-0.2, 0) is 4.79 Å². The van der Waals surface area contributed by atoms with E-state index in [0.29, 0.717) is 24.1 Å². The highest BCUT2D eigenvalue weighted by Gasteiger charge is 2.12. The van der Waals surface area contributed by atoms with Crippen LogP contribution in [-0.4, -0.2) is 25.4 Å². The van der Waals surface area contributed by atoms with E-state index >= 15 is 0 Å². The van der Waals surface area contributed by atoms with E-state index in [0.717, 1.165) is 5.75 Å². The van der Waals surface area contributed by atoms with E-state index < -0.39 is 0 Å². The third-order valence-electron chi connectivity index (χ3n) is 2.95. The maximum absolute atomic E-state index is 11.9. The van der Waals surface area contributed by atoms with Gasteiger partial charge in [0.1, 0.15) is 12.0 Å². The molecule has 1 N–H and O–H groups in total. The number of hydrogen-bond acceptors (Lipinski definition) is 4. The Hall–Kier alpha value is -2.24. The Bertz CT molecular complexity index is 709. The molecule has 5 nitrogen and oxygen atoms in total. The lowest BCUT2D eigenvalue weighted by Crippen LogP contribution is -2.20. The zero-order valence-corrected chi connectivity index (χ0v) is 14.4. The molecule has 0 atom stereocenters. The first-order chi connectivity index (χ1) is 11.5. The summed E-state index contributed by atoms with van der Waals surface area (Å²) in [6, 6.07) is 9.79. The van der Waals surface area contributed by atoms with Gasteiger partial charge in [0.15, 0.2) is 12.4 Å². The highest BCUT2D eigenvalue weighted by Crippen LogP contribution is 2.33. The van der Waals surface area contributed by atoms with E-state index in [1.807, 2.05) is 6.92 Å². The van der Waals surface area contributed by atoms with Crippen molar-refractivity contribution in [3.8, 4) is 11.5 Å². The van der Waals surface area contributed by atoms with E-state index in [4.69, 9.17) is 32.7 Å². The molecule has 0 saturated carbocycles. The quantitative estimate of drug-likeness (QED) is 0.744. The number of carbonyl (C=O) groups excluding carboxylic acids is 2. The predicted molar refractivity (Wildman–Crippen MR) is 93.6 cm³/mol. The third-order valence-corrected chi connectivity index (χ3v) is 3.51. The summed E-state index contributed by atoms with van der Waals surface area (Å²) in [5.74, 6) is 0.511. The summed E-state index contributed by atoms with van der Waals surface area (Å²) in [5, 5.41) is 3.01. The van der Waals surface area contributed by atoms with Crippen molar-refractivity contribution in [1.82, 2.24) is 0 Å². The van der Waals surface area contributed by atoms with Crippen LogP contribution in [0.4, 0.5) is 5.69 Å². The van der Waals surface area contributed by atoms with Crippen molar-refractivity contribution in [2.75, 3.05) is 18.5 Å². The van der Waals surface area contributed by atoms with E-state index in [2.05, 4.69) is 5.32 Å². The number of rotatable bonds is 7. The van der Waals surface area contributed by atoms with Gasteiger partial charge in [0.05, 0.1) is 16.7 Å². The third kappa shape index (κ3) is 4.88. The minimum Gasteiger partial charge on any atom is -0.494 e. The van der Waals surface area contributed by atoms with Gasteiger partial charge in [0.2, 0.25) is 0 Å². The van der Waals surface area contributed by atoms with Crippen LogP contribution in [0.25, 0.3) is 0 Å². The largest absolute Gasteiger partial charge is 0.494 e. The lowest BCUT2D eigenvalue weighted by molar-refractivity contribution is -0.118. The van der Waals surface area contributed by atoms with Crippen molar-refractivity contribution in [3.63, 3.8) is 0 Å². The first kappa shape index (κ1) is 18.1. The molecule has 0 radical (unpaired) electrons. The zero-order valence-electron chi connectivity index (χ0n) is 12.8. The molecule has 24 heavy (non-hydrogen) atoms. The van der Waals surface area contributed by atoms with Crippen molar-refractivity contribution in [1.29, 1.82) is 0 Å². The average Bonchev–Trinajstić information content (AvgIpc) is 2.56. The molecular formula is C17H15Cl2NO4. The predicted octanol–water partition coefficient (Wildman–Crippen LogP) is 4.22. The zero-order chi connectivity index (χ0) is 17.5. The smallest absolute Gasteiger partial charge is 0.262 e. The van der Waals surface area contributed by atoms with Gasteiger partial charge >= 0.3 is 0 Å². The maximum atomic E-state index is 11.9. The van der Waals surface area contributed by atoms with Gasteiger partial charge in [-0.05, 0) is 43.3 Å². The molecular weight excluding hydrogens is 353 g/mol. The van der Waals surface area contributed by atoms with Crippen LogP contribution in [0.5, 0.6) is 11.5 Å². The molecule has 0 heterocycles. The van der Waals surface area contributed by atoms with Gasteiger partial charge in [-0.15, -0.1) is 0 Å². The highest BCUT2D eigenvalue weighted by atomic mass is 35.5. The second-order valence-corrected chi connectivity index (χ2v) is 5.54. The molecule has 0 saturated heterocycles. The van der Waals surface area contributed by atoms with E-state index in [9.17, 15) is 9.59 Å². The molecule has 7 heteroatoms. The summed E-state index contributed by atoms with van der Waals surface area (Å²) in [6.45, 7) is 2.20. The van der Waals surface area contributed by atoms with Crippen molar-refractivity contribution in [3.05, 3.63) is 52.0 Å². The number of aldehydes is 1. The number of anilines is 1. The monoisotopic (exact) mass is 367 g/mol. The average molecular weight is 368 g/mol. The first-order valence-corrected chi connectivity index (χ1v) is 7.88. The SMILES string of the molecule is CCOc1ccc(NC(=O)COc2c(Cl)cc(C=O)cc2Cl)cc1. The number of ether oxygens (including phenoxy) is 2. The van der Waals surface area contributed by atoms with Crippen molar-refractivity contribution in [2.45, 2.75) is 6.92 Å². The normalized spacial score (nSPS) is 10.1. The Morgan fingerprint density at radius 3 is 2.29 bits per heavy atom. The fourth-order valence-electron chi connectivity index (χ4n) is 1.92. The molecule has 0 aliphatic rings. The van der Waals surface area contributed by atoms with Gasteiger partial charge in [0.25, 0.3) is 5.91 Å². The standard InChI is InChI=1S/C17H15Cl2NO4/c1-2-23-13-5-3-12(4-6-13)20-16(22)10-24-17-14(18)7-11(9-21)8-15(17)19/h3-9H,2,10H2,1H3,(H,20,22). The van der Waals surface area contributed by atoms with Crippen molar-refractivity contribution < 1.29 is 19.1 Å². The lowest BCUT2D eigenvalue weighted by Gasteiger charge is -2.11. The van der Waals surface area contributed by atoms with Crippen LogP contribution in [0.2, 0.25) is 10.0 Å². The number of amides is 1. The molecule has 0 aromatic heterocycles. The molecule has 0 fully saturated rings. The molecule has 1 amide bonds. The van der Waals surface area contributed by atoms with Gasteiger partial charge in [-0.1, -0.05) is 23.2 Å². The van der Waals surface area contributed by atoms with Gasteiger partial charge in [0, 0.05) is 11.3 Å². The fourth-order valence-corrected chi connectivity index (χ4v) is 2.53. The summed E-state index contributed by atoms with van der Waals surface area (Å²) < 4.78 is 10.7. The summed E-state index contributed by atoms with van der Waals surface area (Å²) in [7, 11) is 0. The Morgan fingerprint density at radius 2 is 1.75 bits per heavy atom. The van der Waals surface area contributed by atoms with Crippen molar-refractivity contribution in [2.24, 2.45) is 0 Å². The highest BCUT2D eigenvalue weighted by molar-refractivity contribution is 6.37. The summed E-state index contributed by atoms with van der Waals surface area (Å²) >= 11 is 12.0. The van der Waals surface area contributed by atoms with Crippen LogP contribution >= 0.6 is 23.2 Å². The van der Waals surface area contributed by atoms with Gasteiger partial charge in [-0.3, -0.25) is 9.59 Å². The van der Waals surface area contributed by atoms with Crippen LogP contribution < -0.4 is 14.8 Å². The molecule has 126 valence electrons.